The molecule has 2 rings (SSSR count). The van der Waals surface area contributed by atoms with Crippen LogP contribution in [0.5, 0.6) is 0 Å². The molecule has 0 atom stereocenters. The van der Waals surface area contributed by atoms with Gasteiger partial charge in [0.1, 0.15) is 0 Å². The summed E-state index contributed by atoms with van der Waals surface area (Å²) in [5, 5.41) is 3.17. The van der Waals surface area contributed by atoms with Gasteiger partial charge >= 0.3 is 0 Å². The van der Waals surface area contributed by atoms with Crippen LogP contribution in [0, 0.1) is 0 Å². The molecule has 116 valence electrons. The normalized spacial score (nSPS) is 16.8. The van der Waals surface area contributed by atoms with Crippen LogP contribution in [0.2, 0.25) is 0 Å². The molecule has 1 aromatic rings. The van der Waals surface area contributed by atoms with E-state index in [4.69, 9.17) is 5.73 Å². The lowest BCUT2D eigenvalue weighted by atomic mass is 9.78. The lowest BCUT2D eigenvalue weighted by Gasteiger charge is -2.28. The maximum Gasteiger partial charge on any atom is 0.230 e. The fourth-order valence-corrected chi connectivity index (χ4v) is 3.38. The van der Waals surface area contributed by atoms with Gasteiger partial charge < -0.3 is 11.1 Å². The summed E-state index contributed by atoms with van der Waals surface area (Å²) in [6.07, 6.45) is 8.72. The second kappa shape index (κ2) is 8.18. The summed E-state index contributed by atoms with van der Waals surface area (Å²) < 4.78 is 0. The van der Waals surface area contributed by atoms with E-state index in [2.05, 4.69) is 17.4 Å². The van der Waals surface area contributed by atoms with Crippen molar-refractivity contribution < 1.29 is 4.79 Å². The van der Waals surface area contributed by atoms with Gasteiger partial charge in [-0.1, -0.05) is 56.0 Å². The largest absolute Gasteiger partial charge is 0.355 e. The van der Waals surface area contributed by atoms with Crippen molar-refractivity contribution in [2.75, 3.05) is 13.1 Å². The Morgan fingerprint density at radius 2 is 1.71 bits per heavy atom. The lowest BCUT2D eigenvalue weighted by Crippen LogP contribution is -2.42. The molecule has 3 nitrogen and oxygen atoms in total. The molecule has 3 N–H and O–H groups in total. The van der Waals surface area contributed by atoms with Crippen molar-refractivity contribution in [1.29, 1.82) is 0 Å². The SMILES string of the molecule is NCCCCCCNC(=O)C1(c2ccccc2)CCCC1. The topological polar surface area (TPSA) is 55.1 Å². The Kier molecular flexibility index (Phi) is 6.24. The van der Waals surface area contributed by atoms with Crippen molar-refractivity contribution in [3.8, 4) is 0 Å². The summed E-state index contributed by atoms with van der Waals surface area (Å²) in [6, 6.07) is 10.3. The second-order valence-corrected chi connectivity index (χ2v) is 6.11. The molecule has 1 aromatic carbocycles. The van der Waals surface area contributed by atoms with Gasteiger partial charge in [-0.15, -0.1) is 0 Å². The second-order valence-electron chi connectivity index (χ2n) is 6.11. The van der Waals surface area contributed by atoms with Crippen molar-refractivity contribution in [3.05, 3.63) is 35.9 Å². The van der Waals surface area contributed by atoms with Gasteiger partial charge in [0.2, 0.25) is 5.91 Å². The number of benzene rings is 1. The first-order valence-corrected chi connectivity index (χ1v) is 8.33. The monoisotopic (exact) mass is 288 g/mol. The minimum atomic E-state index is -0.279. The number of hydrogen-bond donors (Lipinski definition) is 2. The van der Waals surface area contributed by atoms with Gasteiger partial charge in [0.25, 0.3) is 0 Å². The average molecular weight is 288 g/mol. The van der Waals surface area contributed by atoms with Crippen LogP contribution in [0.25, 0.3) is 0 Å². The van der Waals surface area contributed by atoms with Gasteiger partial charge in [0, 0.05) is 6.54 Å². The fourth-order valence-electron chi connectivity index (χ4n) is 3.38. The zero-order chi connectivity index (χ0) is 15.0. The van der Waals surface area contributed by atoms with Gasteiger partial charge in [-0.2, -0.15) is 0 Å². The molecule has 0 unspecified atom stereocenters. The van der Waals surface area contributed by atoms with Crippen LogP contribution in [0.1, 0.15) is 56.9 Å². The summed E-state index contributed by atoms with van der Waals surface area (Å²) >= 11 is 0. The number of carbonyl (C=O) groups excluding carboxylic acids is 1. The van der Waals surface area contributed by atoms with Gasteiger partial charge in [0.05, 0.1) is 5.41 Å². The van der Waals surface area contributed by atoms with Gasteiger partial charge in [0.15, 0.2) is 0 Å². The summed E-state index contributed by atoms with van der Waals surface area (Å²) in [5.41, 5.74) is 6.39. The van der Waals surface area contributed by atoms with Crippen molar-refractivity contribution in [2.24, 2.45) is 5.73 Å². The van der Waals surface area contributed by atoms with E-state index in [1.165, 1.54) is 5.56 Å². The summed E-state index contributed by atoms with van der Waals surface area (Å²) in [4.78, 5) is 12.7. The van der Waals surface area contributed by atoms with E-state index in [1.54, 1.807) is 0 Å². The molecule has 3 heteroatoms. The standard InChI is InChI=1S/C18H28N2O/c19-14-8-1-2-9-15-20-17(21)18(12-6-7-13-18)16-10-4-3-5-11-16/h3-5,10-11H,1-2,6-9,12-15,19H2,(H,20,21). The third-order valence-corrected chi connectivity index (χ3v) is 4.63. The summed E-state index contributed by atoms with van der Waals surface area (Å²) in [5.74, 6) is 0.227. The molecule has 0 saturated heterocycles. The molecule has 0 bridgehead atoms. The van der Waals surface area contributed by atoms with Crippen LogP contribution in [-0.2, 0) is 10.2 Å². The number of amides is 1. The third kappa shape index (κ3) is 4.07. The highest BCUT2D eigenvalue weighted by atomic mass is 16.2. The number of rotatable bonds is 8. The smallest absolute Gasteiger partial charge is 0.230 e. The van der Waals surface area contributed by atoms with E-state index in [-0.39, 0.29) is 11.3 Å². The molecule has 0 radical (unpaired) electrons. The first kappa shape index (κ1) is 16.0. The molecule has 21 heavy (non-hydrogen) atoms. The number of hydrogen-bond acceptors (Lipinski definition) is 2. The Labute approximate surface area is 128 Å². The van der Waals surface area contributed by atoms with E-state index in [0.29, 0.717) is 0 Å². The van der Waals surface area contributed by atoms with Crippen molar-refractivity contribution in [2.45, 2.75) is 56.8 Å². The zero-order valence-corrected chi connectivity index (χ0v) is 12.9. The minimum Gasteiger partial charge on any atom is -0.355 e. The van der Waals surface area contributed by atoms with E-state index in [1.807, 2.05) is 18.2 Å². The predicted octanol–water partition coefficient (Wildman–Crippen LogP) is 3.13. The number of carbonyl (C=O) groups is 1. The minimum absolute atomic E-state index is 0.227. The molecular weight excluding hydrogens is 260 g/mol. The Morgan fingerprint density at radius 1 is 1.05 bits per heavy atom. The van der Waals surface area contributed by atoms with Crippen LogP contribution < -0.4 is 11.1 Å². The molecule has 1 amide bonds. The Balaban J connectivity index is 1.88. The Hall–Kier alpha value is -1.35. The summed E-state index contributed by atoms with van der Waals surface area (Å²) in [6.45, 7) is 1.56. The number of nitrogens with two attached hydrogens (primary N) is 1. The predicted molar refractivity (Wildman–Crippen MR) is 87.1 cm³/mol. The van der Waals surface area contributed by atoms with Crippen LogP contribution in [0.4, 0.5) is 0 Å². The van der Waals surface area contributed by atoms with Gasteiger partial charge in [-0.3, -0.25) is 4.79 Å². The van der Waals surface area contributed by atoms with Crippen LogP contribution >= 0.6 is 0 Å². The highest BCUT2D eigenvalue weighted by Gasteiger charge is 2.42. The van der Waals surface area contributed by atoms with Crippen LogP contribution in [0.15, 0.2) is 30.3 Å². The molecule has 0 aliphatic heterocycles. The van der Waals surface area contributed by atoms with Crippen molar-refractivity contribution in [3.63, 3.8) is 0 Å². The molecular formula is C18H28N2O. The average Bonchev–Trinajstić information content (AvgIpc) is 3.02. The molecule has 1 aliphatic rings. The van der Waals surface area contributed by atoms with E-state index < -0.39 is 0 Å². The molecule has 0 spiro atoms. The molecule has 1 fully saturated rings. The van der Waals surface area contributed by atoms with Crippen molar-refractivity contribution >= 4 is 5.91 Å². The number of nitrogens with one attached hydrogen (secondary N) is 1. The first-order valence-electron chi connectivity index (χ1n) is 8.33. The highest BCUT2D eigenvalue weighted by Crippen LogP contribution is 2.41. The van der Waals surface area contributed by atoms with Gasteiger partial charge in [-0.05, 0) is 37.8 Å². The highest BCUT2D eigenvalue weighted by molar-refractivity contribution is 5.88. The molecule has 0 aromatic heterocycles. The molecule has 1 saturated carbocycles. The third-order valence-electron chi connectivity index (χ3n) is 4.63. The van der Waals surface area contributed by atoms with E-state index in [9.17, 15) is 4.79 Å². The molecule has 1 aliphatic carbocycles. The van der Waals surface area contributed by atoms with Gasteiger partial charge in [-0.25, -0.2) is 0 Å². The van der Waals surface area contributed by atoms with E-state index in [0.717, 1.165) is 64.5 Å². The lowest BCUT2D eigenvalue weighted by molar-refractivity contribution is -0.126. The Morgan fingerprint density at radius 3 is 2.38 bits per heavy atom. The zero-order valence-electron chi connectivity index (χ0n) is 12.9. The molecule has 0 heterocycles. The van der Waals surface area contributed by atoms with E-state index >= 15 is 0 Å². The maximum absolute atomic E-state index is 12.7. The Bertz CT molecular complexity index is 424. The summed E-state index contributed by atoms with van der Waals surface area (Å²) in [7, 11) is 0. The quantitative estimate of drug-likeness (QED) is 0.722. The van der Waals surface area contributed by atoms with Crippen molar-refractivity contribution in [1.82, 2.24) is 5.32 Å². The first-order chi connectivity index (χ1) is 10.3. The van der Waals surface area contributed by atoms with Crippen LogP contribution in [0.3, 0.4) is 0 Å². The number of unbranched alkanes of at least 4 members (excludes halogenated alkanes) is 3. The fraction of sp³-hybridized carbons (Fsp3) is 0.611. The maximum atomic E-state index is 12.7. The van der Waals surface area contributed by atoms with Crippen LogP contribution in [-0.4, -0.2) is 19.0 Å².